The molecule has 2 N–H and O–H groups in total. The number of rotatable bonds is 4. The van der Waals surface area contributed by atoms with Gasteiger partial charge in [0.05, 0.1) is 17.0 Å². The Bertz CT molecular complexity index is 703. The van der Waals surface area contributed by atoms with Gasteiger partial charge >= 0.3 is 0 Å². The van der Waals surface area contributed by atoms with Crippen LogP contribution in [0.3, 0.4) is 0 Å². The number of sulfone groups is 1. The molecule has 1 fully saturated rings. The lowest BCUT2D eigenvalue weighted by Crippen LogP contribution is -2.51. The molecule has 1 aromatic rings. The molecule has 1 saturated heterocycles. The van der Waals surface area contributed by atoms with Crippen LogP contribution >= 0.6 is 0 Å². The van der Waals surface area contributed by atoms with Crippen molar-refractivity contribution in [2.24, 2.45) is 10.7 Å². The Hall–Kier alpha value is -1.83. The molecule has 140 valence electrons. The molecule has 0 aromatic heterocycles. The summed E-state index contributed by atoms with van der Waals surface area (Å²) in [6.45, 7) is 8.11. The zero-order valence-electron chi connectivity index (χ0n) is 15.1. The predicted octanol–water partition coefficient (Wildman–Crippen LogP) is 1.48. The van der Waals surface area contributed by atoms with E-state index in [1.165, 1.54) is 12.1 Å². The van der Waals surface area contributed by atoms with E-state index in [4.69, 9.17) is 5.73 Å². The van der Waals surface area contributed by atoms with Gasteiger partial charge < -0.3 is 15.5 Å². The van der Waals surface area contributed by atoms with E-state index < -0.39 is 14.6 Å². The lowest BCUT2D eigenvalue weighted by atomic mass is 10.2. The average Bonchev–Trinajstić information content (AvgIpc) is 2.54. The van der Waals surface area contributed by atoms with Gasteiger partial charge in [-0.05, 0) is 45.0 Å². The van der Waals surface area contributed by atoms with E-state index >= 15 is 0 Å². The van der Waals surface area contributed by atoms with E-state index in [9.17, 15) is 12.8 Å². The van der Waals surface area contributed by atoms with E-state index in [1.54, 1.807) is 32.9 Å². The van der Waals surface area contributed by atoms with E-state index in [0.717, 1.165) is 18.8 Å². The van der Waals surface area contributed by atoms with Gasteiger partial charge in [-0.1, -0.05) is 0 Å². The summed E-state index contributed by atoms with van der Waals surface area (Å²) in [6, 6.07) is 6.43. The minimum Gasteiger partial charge on any atom is -0.370 e. The maximum Gasteiger partial charge on any atom is 0.191 e. The van der Waals surface area contributed by atoms with Crippen LogP contribution in [0.1, 0.15) is 20.8 Å². The predicted molar refractivity (Wildman–Crippen MR) is 100 cm³/mol. The maximum absolute atomic E-state index is 13.0. The number of halogens is 1. The standard InChI is InChI=1S/C17H27FN4O2S/c1-17(2,3)25(23,24)13-8-20-16(19)22-11-9-21(10-12-22)15-6-4-14(18)5-7-15/h4-7H,8-13H2,1-3H3,(H2,19,20). The zero-order chi connectivity index (χ0) is 18.7. The van der Waals surface area contributed by atoms with Gasteiger partial charge in [0.15, 0.2) is 15.8 Å². The van der Waals surface area contributed by atoms with Crippen molar-refractivity contribution < 1.29 is 12.8 Å². The second-order valence-electron chi connectivity index (χ2n) is 7.12. The van der Waals surface area contributed by atoms with Crippen LogP contribution in [0, 0.1) is 5.82 Å². The highest BCUT2D eigenvalue weighted by atomic mass is 32.2. The molecule has 0 spiro atoms. The number of nitrogens with zero attached hydrogens (tertiary/aromatic N) is 3. The highest BCUT2D eigenvalue weighted by Crippen LogP contribution is 2.17. The first kappa shape index (κ1) is 19.5. The molecule has 0 aliphatic carbocycles. The topological polar surface area (TPSA) is 79.0 Å². The minimum absolute atomic E-state index is 0.00720. The molecule has 1 aliphatic heterocycles. The van der Waals surface area contributed by atoms with Gasteiger partial charge in [-0.2, -0.15) is 0 Å². The molecular formula is C17H27FN4O2S. The highest BCUT2D eigenvalue weighted by Gasteiger charge is 2.28. The second-order valence-corrected chi connectivity index (χ2v) is 9.98. The van der Waals surface area contributed by atoms with Gasteiger partial charge in [0.1, 0.15) is 5.82 Å². The Kier molecular flexibility index (Phi) is 5.92. The first-order valence-electron chi connectivity index (χ1n) is 8.38. The second kappa shape index (κ2) is 7.59. The molecule has 1 heterocycles. The van der Waals surface area contributed by atoms with Crippen molar-refractivity contribution in [1.82, 2.24) is 4.90 Å². The number of benzene rings is 1. The molecule has 0 unspecified atom stereocenters. The van der Waals surface area contributed by atoms with Crippen LogP contribution in [0.4, 0.5) is 10.1 Å². The third kappa shape index (κ3) is 5.07. The highest BCUT2D eigenvalue weighted by molar-refractivity contribution is 7.92. The number of anilines is 1. The smallest absolute Gasteiger partial charge is 0.191 e. The van der Waals surface area contributed by atoms with Crippen LogP contribution in [-0.2, 0) is 9.84 Å². The lowest BCUT2D eigenvalue weighted by molar-refractivity contribution is 0.381. The molecule has 25 heavy (non-hydrogen) atoms. The average molecular weight is 370 g/mol. The SMILES string of the molecule is CC(C)(C)S(=O)(=O)CCN=C(N)N1CCN(c2ccc(F)cc2)CC1. The van der Waals surface area contributed by atoms with Gasteiger partial charge in [0.25, 0.3) is 0 Å². The van der Waals surface area contributed by atoms with E-state index in [1.807, 2.05) is 4.90 Å². The van der Waals surface area contributed by atoms with Gasteiger partial charge in [-0.3, -0.25) is 4.99 Å². The molecule has 0 bridgehead atoms. The number of hydrogen-bond donors (Lipinski definition) is 1. The number of nitrogens with two attached hydrogens (primary N) is 1. The third-order valence-electron chi connectivity index (χ3n) is 4.36. The van der Waals surface area contributed by atoms with Crippen LogP contribution in [0.25, 0.3) is 0 Å². The fraction of sp³-hybridized carbons (Fsp3) is 0.588. The third-order valence-corrected chi connectivity index (χ3v) is 6.95. The minimum atomic E-state index is -3.19. The number of piperazine rings is 1. The van der Waals surface area contributed by atoms with E-state index in [0.29, 0.717) is 19.0 Å². The fourth-order valence-corrected chi connectivity index (χ4v) is 3.48. The van der Waals surface area contributed by atoms with Crippen molar-refractivity contribution in [3.05, 3.63) is 30.1 Å². The molecule has 0 atom stereocenters. The largest absolute Gasteiger partial charge is 0.370 e. The zero-order valence-corrected chi connectivity index (χ0v) is 15.9. The molecular weight excluding hydrogens is 343 g/mol. The van der Waals surface area contributed by atoms with E-state index in [2.05, 4.69) is 9.89 Å². The molecule has 0 saturated carbocycles. The van der Waals surface area contributed by atoms with Crippen molar-refractivity contribution in [2.45, 2.75) is 25.5 Å². The summed E-state index contributed by atoms with van der Waals surface area (Å²) < 4.78 is 36.4. The summed E-state index contributed by atoms with van der Waals surface area (Å²) >= 11 is 0. The van der Waals surface area contributed by atoms with Crippen molar-refractivity contribution in [3.63, 3.8) is 0 Å². The van der Waals surface area contributed by atoms with Crippen molar-refractivity contribution in [1.29, 1.82) is 0 Å². The Morgan fingerprint density at radius 1 is 1.16 bits per heavy atom. The van der Waals surface area contributed by atoms with Crippen molar-refractivity contribution in [3.8, 4) is 0 Å². The van der Waals surface area contributed by atoms with E-state index in [-0.39, 0.29) is 18.1 Å². The normalized spacial score (nSPS) is 17.0. The summed E-state index contributed by atoms with van der Waals surface area (Å²) in [4.78, 5) is 8.34. The van der Waals surface area contributed by atoms with Gasteiger partial charge in [0, 0.05) is 31.9 Å². The maximum atomic E-state index is 13.0. The van der Waals surface area contributed by atoms with Crippen LogP contribution in [-0.4, -0.2) is 62.5 Å². The van der Waals surface area contributed by atoms with Crippen LogP contribution in [0.5, 0.6) is 0 Å². The first-order valence-corrected chi connectivity index (χ1v) is 10.0. The Labute approximate surface area is 149 Å². The van der Waals surface area contributed by atoms with Crippen LogP contribution in [0.15, 0.2) is 29.3 Å². The quantitative estimate of drug-likeness (QED) is 0.641. The number of hydrogen-bond acceptors (Lipinski definition) is 4. The molecule has 2 rings (SSSR count). The summed E-state index contributed by atoms with van der Waals surface area (Å²) in [5, 5.41) is 0. The van der Waals surface area contributed by atoms with Gasteiger partial charge in [-0.15, -0.1) is 0 Å². The molecule has 8 heteroatoms. The molecule has 1 aromatic carbocycles. The van der Waals surface area contributed by atoms with Crippen LogP contribution < -0.4 is 10.6 Å². The van der Waals surface area contributed by atoms with Gasteiger partial charge in [-0.25, -0.2) is 12.8 Å². The van der Waals surface area contributed by atoms with Crippen molar-refractivity contribution in [2.75, 3.05) is 43.4 Å². The summed E-state index contributed by atoms with van der Waals surface area (Å²) in [5.74, 6) is 0.124. The van der Waals surface area contributed by atoms with Crippen molar-refractivity contribution >= 4 is 21.5 Å². The molecule has 0 amide bonds. The Balaban J connectivity index is 1.86. The van der Waals surface area contributed by atoms with Gasteiger partial charge in [0.2, 0.25) is 0 Å². The van der Waals surface area contributed by atoms with Crippen LogP contribution in [0.2, 0.25) is 0 Å². The Morgan fingerprint density at radius 3 is 2.24 bits per heavy atom. The number of aliphatic imine (C=N–C) groups is 1. The summed E-state index contributed by atoms with van der Waals surface area (Å²) in [7, 11) is -3.19. The summed E-state index contributed by atoms with van der Waals surface area (Å²) in [5.41, 5.74) is 6.98. The molecule has 6 nitrogen and oxygen atoms in total. The molecule has 0 radical (unpaired) electrons. The number of guanidine groups is 1. The first-order chi connectivity index (χ1) is 11.6. The lowest BCUT2D eigenvalue weighted by Gasteiger charge is -2.36. The molecule has 1 aliphatic rings. The monoisotopic (exact) mass is 370 g/mol. The fourth-order valence-electron chi connectivity index (χ4n) is 2.53. The summed E-state index contributed by atoms with van der Waals surface area (Å²) in [6.07, 6.45) is 0. The Morgan fingerprint density at radius 2 is 1.72 bits per heavy atom.